The molecule has 2 rings (SSSR count). The number of nitrogens with two attached hydrogens (primary N) is 1. The monoisotopic (exact) mass is 337 g/mol. The lowest BCUT2D eigenvalue weighted by Crippen LogP contribution is -2.11. The fourth-order valence-corrected chi connectivity index (χ4v) is 3.35. The van der Waals surface area contributed by atoms with Crippen molar-refractivity contribution in [2.45, 2.75) is 31.8 Å². The SMILES string of the molecule is CC(C)Cc1noc(CS(=O)(=O)Cc2ccc(C(N)=O)cc2)n1. The molecule has 0 aliphatic rings. The second kappa shape index (κ2) is 6.91. The van der Waals surface area contributed by atoms with E-state index in [1.807, 2.05) is 13.8 Å². The molecule has 2 N–H and O–H groups in total. The first-order valence-electron chi connectivity index (χ1n) is 7.16. The third kappa shape index (κ3) is 5.17. The van der Waals surface area contributed by atoms with E-state index in [9.17, 15) is 13.2 Å². The Morgan fingerprint density at radius 1 is 1.22 bits per heavy atom. The molecule has 0 saturated heterocycles. The molecule has 1 heterocycles. The van der Waals surface area contributed by atoms with Gasteiger partial charge in [-0.3, -0.25) is 4.79 Å². The summed E-state index contributed by atoms with van der Waals surface area (Å²) in [5, 5.41) is 3.78. The average molecular weight is 337 g/mol. The van der Waals surface area contributed by atoms with Crippen LogP contribution in [0, 0.1) is 5.92 Å². The fraction of sp³-hybridized carbons (Fsp3) is 0.400. The minimum Gasteiger partial charge on any atom is -0.366 e. The Morgan fingerprint density at radius 3 is 2.43 bits per heavy atom. The second-order valence-electron chi connectivity index (χ2n) is 5.80. The number of hydrogen-bond acceptors (Lipinski definition) is 6. The van der Waals surface area contributed by atoms with Crippen molar-refractivity contribution in [2.24, 2.45) is 11.7 Å². The van der Waals surface area contributed by atoms with Gasteiger partial charge in [0.25, 0.3) is 0 Å². The molecule has 1 amide bonds. The van der Waals surface area contributed by atoms with Gasteiger partial charge in [0.05, 0.1) is 5.75 Å². The number of primary amides is 1. The number of aromatic nitrogens is 2. The first-order valence-corrected chi connectivity index (χ1v) is 8.98. The van der Waals surface area contributed by atoms with Crippen LogP contribution in [0.4, 0.5) is 0 Å². The Balaban J connectivity index is 2.04. The molecule has 8 heteroatoms. The molecule has 0 aliphatic heterocycles. The second-order valence-corrected chi connectivity index (χ2v) is 7.86. The van der Waals surface area contributed by atoms with Gasteiger partial charge in [-0.2, -0.15) is 4.98 Å². The van der Waals surface area contributed by atoms with Crippen LogP contribution in [0.5, 0.6) is 0 Å². The van der Waals surface area contributed by atoms with E-state index in [2.05, 4.69) is 10.1 Å². The molecule has 0 bridgehead atoms. The molecule has 0 radical (unpaired) electrons. The molecule has 2 aromatic rings. The van der Waals surface area contributed by atoms with Crippen LogP contribution in [0.2, 0.25) is 0 Å². The summed E-state index contributed by atoms with van der Waals surface area (Å²) >= 11 is 0. The Kier molecular flexibility index (Phi) is 5.15. The van der Waals surface area contributed by atoms with Crippen molar-refractivity contribution in [2.75, 3.05) is 0 Å². The summed E-state index contributed by atoms with van der Waals surface area (Å²) in [5.41, 5.74) is 6.05. The smallest absolute Gasteiger partial charge is 0.248 e. The molecule has 7 nitrogen and oxygen atoms in total. The van der Waals surface area contributed by atoms with Crippen LogP contribution < -0.4 is 5.73 Å². The lowest BCUT2D eigenvalue weighted by Gasteiger charge is -2.03. The highest BCUT2D eigenvalue weighted by molar-refractivity contribution is 7.89. The number of rotatable bonds is 7. The highest BCUT2D eigenvalue weighted by Crippen LogP contribution is 2.13. The van der Waals surface area contributed by atoms with Gasteiger partial charge in [-0.1, -0.05) is 31.1 Å². The van der Waals surface area contributed by atoms with Crippen molar-refractivity contribution in [3.05, 3.63) is 47.1 Å². The molecule has 23 heavy (non-hydrogen) atoms. The van der Waals surface area contributed by atoms with Crippen LogP contribution in [0.25, 0.3) is 0 Å². The summed E-state index contributed by atoms with van der Waals surface area (Å²) in [6.45, 7) is 4.03. The van der Waals surface area contributed by atoms with Crippen molar-refractivity contribution in [3.63, 3.8) is 0 Å². The number of carbonyl (C=O) groups is 1. The van der Waals surface area contributed by atoms with E-state index in [4.69, 9.17) is 10.3 Å². The zero-order valence-corrected chi connectivity index (χ0v) is 13.8. The number of carbonyl (C=O) groups excluding carboxylic acids is 1. The fourth-order valence-electron chi connectivity index (χ4n) is 2.06. The summed E-state index contributed by atoms with van der Waals surface area (Å²) in [7, 11) is -3.45. The minimum atomic E-state index is -3.45. The molecule has 124 valence electrons. The van der Waals surface area contributed by atoms with Crippen LogP contribution in [-0.2, 0) is 27.8 Å². The maximum Gasteiger partial charge on any atom is 0.248 e. The van der Waals surface area contributed by atoms with Gasteiger partial charge in [-0.15, -0.1) is 0 Å². The Bertz CT molecular complexity index is 779. The van der Waals surface area contributed by atoms with Gasteiger partial charge in [0.2, 0.25) is 11.8 Å². The van der Waals surface area contributed by atoms with Gasteiger partial charge in [0.15, 0.2) is 15.7 Å². The molecule has 0 saturated carbocycles. The summed E-state index contributed by atoms with van der Waals surface area (Å²) in [5.74, 6) is -0.0712. The van der Waals surface area contributed by atoms with Crippen molar-refractivity contribution in [3.8, 4) is 0 Å². The maximum absolute atomic E-state index is 12.2. The van der Waals surface area contributed by atoms with Crippen LogP contribution in [0.3, 0.4) is 0 Å². The van der Waals surface area contributed by atoms with E-state index in [1.165, 1.54) is 12.1 Å². The zero-order valence-electron chi connectivity index (χ0n) is 13.0. The molecule has 1 aromatic heterocycles. The Labute approximate surface area is 134 Å². The lowest BCUT2D eigenvalue weighted by atomic mass is 10.1. The number of hydrogen-bond donors (Lipinski definition) is 1. The minimum absolute atomic E-state index is 0.0920. The first-order chi connectivity index (χ1) is 10.7. The van der Waals surface area contributed by atoms with Crippen molar-refractivity contribution in [1.29, 1.82) is 0 Å². The predicted octanol–water partition coefficient (Wildman–Crippen LogP) is 1.48. The summed E-state index contributed by atoms with van der Waals surface area (Å²) in [6, 6.07) is 6.13. The summed E-state index contributed by atoms with van der Waals surface area (Å²) in [6.07, 6.45) is 0.637. The van der Waals surface area contributed by atoms with Crippen LogP contribution in [0.15, 0.2) is 28.8 Å². The largest absolute Gasteiger partial charge is 0.366 e. The molecule has 0 unspecified atom stereocenters. The first kappa shape index (κ1) is 17.1. The number of benzene rings is 1. The summed E-state index contributed by atoms with van der Waals surface area (Å²) in [4.78, 5) is 15.1. The van der Waals surface area contributed by atoms with Crippen molar-refractivity contribution in [1.82, 2.24) is 10.1 Å². The van der Waals surface area contributed by atoms with Gasteiger partial charge >= 0.3 is 0 Å². The van der Waals surface area contributed by atoms with Gasteiger partial charge < -0.3 is 10.3 Å². The van der Waals surface area contributed by atoms with Crippen LogP contribution in [0.1, 0.15) is 41.5 Å². The topological polar surface area (TPSA) is 116 Å². The van der Waals surface area contributed by atoms with Crippen LogP contribution in [-0.4, -0.2) is 24.5 Å². The Morgan fingerprint density at radius 2 is 1.87 bits per heavy atom. The quantitative estimate of drug-likeness (QED) is 0.818. The van der Waals surface area contributed by atoms with Gasteiger partial charge in [0, 0.05) is 12.0 Å². The molecule has 0 fully saturated rings. The van der Waals surface area contributed by atoms with Gasteiger partial charge in [0.1, 0.15) is 5.75 Å². The Hall–Kier alpha value is -2.22. The predicted molar refractivity (Wildman–Crippen MR) is 84.1 cm³/mol. The molecule has 1 aromatic carbocycles. The molecular formula is C15H19N3O4S. The van der Waals surface area contributed by atoms with Crippen LogP contribution >= 0.6 is 0 Å². The molecule has 0 atom stereocenters. The zero-order chi connectivity index (χ0) is 17.0. The summed E-state index contributed by atoms with van der Waals surface area (Å²) < 4.78 is 29.4. The number of nitrogens with zero attached hydrogens (tertiary/aromatic N) is 2. The highest BCUT2D eigenvalue weighted by Gasteiger charge is 2.18. The molecule has 0 spiro atoms. The standard InChI is InChI=1S/C15H19N3O4S/c1-10(2)7-13-17-14(22-18-13)9-23(20,21)8-11-3-5-12(6-4-11)15(16)19/h3-6,10H,7-9H2,1-2H3,(H2,16,19). The average Bonchev–Trinajstić information content (AvgIpc) is 2.84. The van der Waals surface area contributed by atoms with E-state index < -0.39 is 15.7 Å². The lowest BCUT2D eigenvalue weighted by molar-refractivity contribution is 0.100. The van der Waals surface area contributed by atoms with E-state index in [1.54, 1.807) is 12.1 Å². The van der Waals surface area contributed by atoms with Crippen molar-refractivity contribution < 1.29 is 17.7 Å². The van der Waals surface area contributed by atoms with E-state index in [-0.39, 0.29) is 17.4 Å². The van der Waals surface area contributed by atoms with Crippen molar-refractivity contribution >= 4 is 15.7 Å². The number of sulfone groups is 1. The molecule has 0 aliphatic carbocycles. The van der Waals surface area contributed by atoms with Gasteiger partial charge in [-0.05, 0) is 23.6 Å². The van der Waals surface area contributed by atoms with E-state index in [0.717, 1.165) is 0 Å². The molecular weight excluding hydrogens is 318 g/mol. The highest BCUT2D eigenvalue weighted by atomic mass is 32.2. The number of amides is 1. The third-order valence-corrected chi connectivity index (χ3v) is 4.53. The van der Waals surface area contributed by atoms with Gasteiger partial charge in [-0.25, -0.2) is 8.42 Å². The normalized spacial score (nSPS) is 11.8. The third-order valence-electron chi connectivity index (χ3n) is 3.07. The maximum atomic E-state index is 12.2. The van der Waals surface area contributed by atoms with E-state index in [0.29, 0.717) is 29.3 Å². The van der Waals surface area contributed by atoms with E-state index >= 15 is 0 Å².